The van der Waals surface area contributed by atoms with Gasteiger partial charge in [-0.3, -0.25) is 4.79 Å². The van der Waals surface area contributed by atoms with E-state index in [-0.39, 0.29) is 64.3 Å². The number of amides is 1. The van der Waals surface area contributed by atoms with Crippen molar-refractivity contribution in [3.63, 3.8) is 0 Å². The molecule has 222 valence electrons. The minimum atomic E-state index is -0.984. The summed E-state index contributed by atoms with van der Waals surface area (Å²) in [5, 5.41) is 33.5. The molecular weight excluding hydrogens is 492 g/mol. The van der Waals surface area contributed by atoms with Crippen LogP contribution in [0.25, 0.3) is 0 Å². The Kier molecular flexibility index (Phi) is 6.14. The summed E-state index contributed by atoms with van der Waals surface area (Å²) in [5.74, 6) is 1.22. The van der Waals surface area contributed by atoms with Crippen LogP contribution in [-0.2, 0) is 9.53 Å². The van der Waals surface area contributed by atoms with Gasteiger partial charge in [0.1, 0.15) is 0 Å². The smallest absolute Gasteiger partial charge is 0.219 e. The van der Waals surface area contributed by atoms with Crippen molar-refractivity contribution in [3.8, 4) is 0 Å². The van der Waals surface area contributed by atoms with Crippen LogP contribution in [-0.4, -0.2) is 74.8 Å². The molecule has 0 bridgehead atoms. The zero-order valence-corrected chi connectivity index (χ0v) is 25.4. The summed E-state index contributed by atoms with van der Waals surface area (Å²) in [6.45, 7) is 14.8. The molecule has 12 unspecified atom stereocenters. The van der Waals surface area contributed by atoms with Crippen molar-refractivity contribution >= 4 is 5.91 Å². The Bertz CT molecular complexity index is 1030. The van der Waals surface area contributed by atoms with E-state index >= 15 is 0 Å². The largest absolute Gasteiger partial charge is 0.393 e. The highest BCUT2D eigenvalue weighted by molar-refractivity contribution is 5.73. The molecule has 12 atom stereocenters. The van der Waals surface area contributed by atoms with Crippen LogP contribution in [0.15, 0.2) is 0 Å². The molecule has 5 N–H and O–H groups in total. The van der Waals surface area contributed by atoms with E-state index in [9.17, 15) is 20.1 Å². The highest BCUT2D eigenvalue weighted by Crippen LogP contribution is 2.87. The fourth-order valence-corrected chi connectivity index (χ4v) is 12.2. The van der Waals surface area contributed by atoms with Gasteiger partial charge in [0.25, 0.3) is 0 Å². The molecule has 1 heterocycles. The Hall–Kier alpha value is -0.730. The molecule has 7 nitrogen and oxygen atoms in total. The number of nitrogens with zero attached hydrogens (tertiary/aromatic N) is 1. The molecule has 5 aliphatic carbocycles. The van der Waals surface area contributed by atoms with Crippen molar-refractivity contribution < 1.29 is 24.9 Å². The molecule has 0 aromatic heterocycles. The number of fused-ring (bicyclic) bond motifs is 4. The van der Waals surface area contributed by atoms with Crippen LogP contribution >= 0.6 is 0 Å². The number of hydrogen-bond donors (Lipinski definition) is 4. The third-order valence-electron chi connectivity index (χ3n) is 13.8. The van der Waals surface area contributed by atoms with E-state index in [2.05, 4.69) is 27.7 Å². The maximum absolute atomic E-state index is 12.4. The van der Waals surface area contributed by atoms with Gasteiger partial charge in [-0.1, -0.05) is 27.7 Å². The Labute approximate surface area is 235 Å². The maximum atomic E-state index is 12.4. The molecule has 39 heavy (non-hydrogen) atoms. The Morgan fingerprint density at radius 1 is 1.05 bits per heavy atom. The lowest BCUT2D eigenvalue weighted by Crippen LogP contribution is -2.70. The maximum Gasteiger partial charge on any atom is 0.219 e. The van der Waals surface area contributed by atoms with Crippen molar-refractivity contribution in [2.75, 3.05) is 13.1 Å². The molecule has 1 saturated heterocycles. The van der Waals surface area contributed by atoms with Crippen LogP contribution in [0.3, 0.4) is 0 Å². The van der Waals surface area contributed by atoms with Crippen LogP contribution in [0, 0.1) is 45.3 Å². The number of rotatable bonds is 4. The standard InChI is InChI=1S/C32H54N2O5/c1-18-14-20(15-34(19(2)35)17-27(3,4)38)39-25-24(18)29(7)12-13-31-16-30(31)11-10-23(36)28(5,6)21(30)8-9-22(31)32(29,33)26(25)37/h18,20-26,36-38H,8-17,33H2,1-7H3. The molecule has 0 aromatic rings. The average Bonchev–Trinajstić information content (AvgIpc) is 3.45. The summed E-state index contributed by atoms with van der Waals surface area (Å²) in [4.78, 5) is 14.1. The van der Waals surface area contributed by atoms with E-state index in [0.29, 0.717) is 18.4 Å². The minimum absolute atomic E-state index is 0.0725. The third-order valence-corrected chi connectivity index (χ3v) is 13.8. The average molecular weight is 547 g/mol. The predicted molar refractivity (Wildman–Crippen MR) is 149 cm³/mol. The number of carbonyl (C=O) groups is 1. The number of aliphatic hydroxyl groups excluding tert-OH is 2. The lowest BCUT2D eigenvalue weighted by atomic mass is 9.43. The first kappa shape index (κ1) is 28.4. The van der Waals surface area contributed by atoms with E-state index in [0.717, 1.165) is 38.5 Å². The van der Waals surface area contributed by atoms with Crippen LogP contribution < -0.4 is 5.73 Å². The molecule has 1 aliphatic heterocycles. The van der Waals surface area contributed by atoms with E-state index in [1.165, 1.54) is 12.8 Å². The summed E-state index contributed by atoms with van der Waals surface area (Å²) >= 11 is 0. The van der Waals surface area contributed by atoms with Crippen molar-refractivity contribution in [3.05, 3.63) is 0 Å². The summed E-state index contributed by atoms with van der Waals surface area (Å²) in [6, 6.07) is 0. The lowest BCUT2D eigenvalue weighted by Gasteiger charge is -2.63. The summed E-state index contributed by atoms with van der Waals surface area (Å²) in [7, 11) is 0. The van der Waals surface area contributed by atoms with E-state index < -0.39 is 17.2 Å². The lowest BCUT2D eigenvalue weighted by molar-refractivity contribution is -0.156. The molecule has 7 heteroatoms. The fourth-order valence-electron chi connectivity index (χ4n) is 12.2. The third kappa shape index (κ3) is 3.55. The van der Waals surface area contributed by atoms with Crippen LogP contribution in [0.1, 0.15) is 99.8 Å². The van der Waals surface area contributed by atoms with Crippen molar-refractivity contribution in [1.82, 2.24) is 4.90 Å². The van der Waals surface area contributed by atoms with Gasteiger partial charge in [-0.05, 0) is 111 Å². The molecule has 0 aromatic carbocycles. The Balaban J connectivity index is 1.29. The summed E-state index contributed by atoms with van der Waals surface area (Å²) in [5.41, 5.74) is 6.12. The van der Waals surface area contributed by atoms with Gasteiger partial charge in [-0.2, -0.15) is 0 Å². The highest BCUT2D eigenvalue weighted by Gasteiger charge is 2.85. The van der Waals surface area contributed by atoms with E-state index in [1.54, 1.807) is 25.7 Å². The second kappa shape index (κ2) is 8.43. The van der Waals surface area contributed by atoms with E-state index in [4.69, 9.17) is 10.5 Å². The molecule has 2 spiro atoms. The Morgan fingerprint density at radius 2 is 1.69 bits per heavy atom. The first-order valence-corrected chi connectivity index (χ1v) is 15.7. The van der Waals surface area contributed by atoms with Crippen molar-refractivity contribution in [2.45, 2.75) is 135 Å². The monoisotopic (exact) mass is 546 g/mol. The zero-order chi connectivity index (χ0) is 28.6. The van der Waals surface area contributed by atoms with Crippen LogP contribution in [0.2, 0.25) is 0 Å². The zero-order valence-electron chi connectivity index (χ0n) is 25.4. The molecule has 6 fully saturated rings. The number of hydrogen-bond acceptors (Lipinski definition) is 6. The van der Waals surface area contributed by atoms with Gasteiger partial charge in [-0.25, -0.2) is 0 Å². The van der Waals surface area contributed by atoms with E-state index in [1.807, 2.05) is 0 Å². The van der Waals surface area contributed by atoms with Gasteiger partial charge < -0.3 is 30.7 Å². The topological polar surface area (TPSA) is 116 Å². The minimum Gasteiger partial charge on any atom is -0.393 e. The molecule has 1 amide bonds. The van der Waals surface area contributed by atoms with Gasteiger partial charge in [0.2, 0.25) is 5.91 Å². The van der Waals surface area contributed by atoms with Gasteiger partial charge in [-0.15, -0.1) is 0 Å². The molecule has 6 aliphatic rings. The normalized spacial score (nSPS) is 53.5. The number of nitrogens with two attached hydrogens (primary N) is 1. The van der Waals surface area contributed by atoms with Gasteiger partial charge in [0.15, 0.2) is 0 Å². The van der Waals surface area contributed by atoms with Crippen molar-refractivity contribution in [1.29, 1.82) is 0 Å². The second-order valence-corrected chi connectivity index (χ2v) is 16.5. The number of carbonyl (C=O) groups excluding carboxylic acids is 1. The first-order valence-electron chi connectivity index (χ1n) is 15.7. The van der Waals surface area contributed by atoms with Gasteiger partial charge in [0.05, 0.1) is 35.6 Å². The Morgan fingerprint density at radius 3 is 2.33 bits per heavy atom. The first-order chi connectivity index (χ1) is 17.9. The molecule has 0 radical (unpaired) electrons. The molecular formula is C32H54N2O5. The number of ether oxygens (including phenoxy) is 1. The van der Waals surface area contributed by atoms with Gasteiger partial charge in [0, 0.05) is 20.0 Å². The number of aliphatic hydroxyl groups is 3. The van der Waals surface area contributed by atoms with Crippen LogP contribution in [0.5, 0.6) is 0 Å². The predicted octanol–water partition coefficient (Wildman–Crippen LogP) is 3.47. The van der Waals surface area contributed by atoms with Crippen LogP contribution in [0.4, 0.5) is 0 Å². The fraction of sp³-hybridized carbons (Fsp3) is 0.969. The summed E-state index contributed by atoms with van der Waals surface area (Å²) in [6.07, 6.45) is 6.78. The van der Waals surface area contributed by atoms with Gasteiger partial charge >= 0.3 is 0 Å². The SMILES string of the molecule is CC(=O)N(CC1CC(C)C2C(O1)C(O)C1(N)C3CCC4C(C)(C)C(O)CCC45CC35CCC21C)CC(C)(C)O. The highest BCUT2D eigenvalue weighted by atomic mass is 16.5. The molecule has 5 saturated carbocycles. The summed E-state index contributed by atoms with van der Waals surface area (Å²) < 4.78 is 6.75. The quantitative estimate of drug-likeness (QED) is 0.429. The second-order valence-electron chi connectivity index (χ2n) is 16.5. The van der Waals surface area contributed by atoms with Crippen molar-refractivity contribution in [2.24, 2.45) is 51.1 Å². The molecule has 6 rings (SSSR count).